The van der Waals surface area contributed by atoms with Crippen LogP contribution < -0.4 is 20.3 Å². The predicted molar refractivity (Wildman–Crippen MR) is 177 cm³/mol. The summed E-state index contributed by atoms with van der Waals surface area (Å²) in [6.07, 6.45) is 7.03. The predicted octanol–water partition coefficient (Wildman–Crippen LogP) is 5.02. The molecule has 5 aromatic rings. The number of carbonyl (C=O) groups excluding carboxylic acids is 3. The van der Waals surface area contributed by atoms with Crippen LogP contribution in [-0.4, -0.2) is 68.9 Å². The third-order valence-corrected chi connectivity index (χ3v) is 8.71. The normalized spacial score (nSPS) is 15.8. The van der Waals surface area contributed by atoms with Gasteiger partial charge < -0.3 is 29.0 Å². The summed E-state index contributed by atoms with van der Waals surface area (Å²) in [4.78, 5) is 52.0. The number of hydrogen-bond acceptors (Lipinski definition) is 7. The summed E-state index contributed by atoms with van der Waals surface area (Å²) in [7, 11) is 7.35. The van der Waals surface area contributed by atoms with E-state index in [9.17, 15) is 14.4 Å². The van der Waals surface area contributed by atoms with Gasteiger partial charge in [-0.3, -0.25) is 14.9 Å². The van der Waals surface area contributed by atoms with E-state index in [1.807, 2.05) is 55.2 Å². The molecule has 0 radical (unpaired) electrons. The number of amides is 3. The largest absolute Gasteiger partial charge is 0.452 e. The SMILES string of the molecule is CN(C)C(=O)C1CCN(c2ccnc3c2c(C=C2Oc4ccc(NC(=O)Nc5nc6ccccc6n5C)cc4C2=O)cn3C)CC1. The summed E-state index contributed by atoms with van der Waals surface area (Å²) < 4.78 is 9.75. The maximum absolute atomic E-state index is 13.6. The Labute approximate surface area is 265 Å². The number of rotatable bonds is 5. The highest BCUT2D eigenvalue weighted by Gasteiger charge is 2.30. The van der Waals surface area contributed by atoms with Crippen LogP contribution in [0.5, 0.6) is 5.75 Å². The lowest BCUT2D eigenvalue weighted by molar-refractivity contribution is -0.133. The van der Waals surface area contributed by atoms with Gasteiger partial charge in [-0.2, -0.15) is 0 Å². The van der Waals surface area contributed by atoms with Crippen LogP contribution in [0.2, 0.25) is 0 Å². The topological polar surface area (TPSA) is 127 Å². The maximum atomic E-state index is 13.6. The Balaban J connectivity index is 1.11. The summed E-state index contributed by atoms with van der Waals surface area (Å²) in [6, 6.07) is 14.1. The molecule has 2 aliphatic rings. The molecular weight excluding hydrogens is 584 g/mol. The molecule has 0 atom stereocenters. The first-order valence-electron chi connectivity index (χ1n) is 15.2. The molecule has 0 spiro atoms. The lowest BCUT2D eigenvalue weighted by atomic mass is 9.95. The van der Waals surface area contributed by atoms with Gasteiger partial charge in [0.15, 0.2) is 5.76 Å². The van der Waals surface area contributed by atoms with E-state index in [4.69, 9.17) is 4.74 Å². The molecule has 0 aliphatic carbocycles. The molecule has 234 valence electrons. The number of aryl methyl sites for hydroxylation is 2. The fraction of sp³-hybridized carbons (Fsp3) is 0.265. The number of anilines is 3. The summed E-state index contributed by atoms with van der Waals surface area (Å²) in [5.74, 6) is 0.920. The van der Waals surface area contributed by atoms with Crippen molar-refractivity contribution in [2.45, 2.75) is 12.8 Å². The van der Waals surface area contributed by atoms with Crippen molar-refractivity contribution in [1.29, 1.82) is 0 Å². The first kappa shape index (κ1) is 29.1. The van der Waals surface area contributed by atoms with Gasteiger partial charge in [0.1, 0.15) is 11.4 Å². The summed E-state index contributed by atoms with van der Waals surface area (Å²) in [6.45, 7) is 1.49. The number of pyridine rings is 1. The lowest BCUT2D eigenvalue weighted by Crippen LogP contribution is -2.40. The average Bonchev–Trinajstić information content (AvgIpc) is 3.66. The van der Waals surface area contributed by atoms with Gasteiger partial charge in [-0.1, -0.05) is 12.1 Å². The zero-order valence-electron chi connectivity index (χ0n) is 26.1. The van der Waals surface area contributed by atoms with Gasteiger partial charge in [0, 0.05) is 81.9 Å². The van der Waals surface area contributed by atoms with Crippen molar-refractivity contribution in [2.75, 3.05) is 42.7 Å². The molecule has 2 aromatic carbocycles. The molecule has 7 rings (SSSR count). The Morgan fingerprint density at radius 1 is 1.04 bits per heavy atom. The minimum atomic E-state index is -0.480. The van der Waals surface area contributed by atoms with Crippen LogP contribution in [-0.2, 0) is 18.9 Å². The summed E-state index contributed by atoms with van der Waals surface area (Å²) in [5, 5.41) is 6.49. The van der Waals surface area contributed by atoms with Gasteiger partial charge in [0.05, 0.1) is 16.6 Å². The second-order valence-corrected chi connectivity index (χ2v) is 11.9. The second kappa shape index (κ2) is 11.4. The van der Waals surface area contributed by atoms with Crippen molar-refractivity contribution < 1.29 is 19.1 Å². The van der Waals surface area contributed by atoms with Crippen molar-refractivity contribution in [3.05, 3.63) is 77.8 Å². The van der Waals surface area contributed by atoms with Gasteiger partial charge in [-0.05, 0) is 55.3 Å². The van der Waals surface area contributed by atoms with Gasteiger partial charge in [0.2, 0.25) is 17.6 Å². The van der Waals surface area contributed by atoms with E-state index < -0.39 is 6.03 Å². The van der Waals surface area contributed by atoms with Crippen molar-refractivity contribution in [3.8, 4) is 5.75 Å². The minimum absolute atomic E-state index is 0.0179. The number of nitrogens with zero attached hydrogens (tertiary/aromatic N) is 6. The Kier molecular flexibility index (Phi) is 7.19. The van der Waals surface area contributed by atoms with E-state index in [-0.39, 0.29) is 23.4 Å². The molecule has 12 heteroatoms. The van der Waals surface area contributed by atoms with E-state index in [2.05, 4.69) is 25.5 Å². The number of piperidine rings is 1. The monoisotopic (exact) mass is 618 g/mol. The number of para-hydroxylation sites is 2. The third-order valence-electron chi connectivity index (χ3n) is 8.71. The highest BCUT2D eigenvalue weighted by atomic mass is 16.5. The molecule has 1 fully saturated rings. The first-order valence-corrected chi connectivity index (χ1v) is 15.2. The minimum Gasteiger partial charge on any atom is -0.452 e. The smallest absolute Gasteiger partial charge is 0.326 e. The number of ketones is 1. The van der Waals surface area contributed by atoms with Crippen LogP contribution in [0.4, 0.5) is 22.1 Å². The molecule has 3 aromatic heterocycles. The molecule has 1 saturated heterocycles. The fourth-order valence-corrected chi connectivity index (χ4v) is 6.35. The first-order chi connectivity index (χ1) is 22.2. The van der Waals surface area contributed by atoms with E-state index in [0.29, 0.717) is 22.9 Å². The second-order valence-electron chi connectivity index (χ2n) is 11.9. The molecule has 46 heavy (non-hydrogen) atoms. The van der Waals surface area contributed by atoms with Crippen LogP contribution in [0.25, 0.3) is 28.1 Å². The number of aromatic nitrogens is 4. The van der Waals surface area contributed by atoms with E-state index >= 15 is 0 Å². The highest BCUT2D eigenvalue weighted by Crippen LogP contribution is 2.37. The zero-order valence-corrected chi connectivity index (χ0v) is 26.1. The number of carbonyl (C=O) groups is 3. The number of allylic oxidation sites excluding steroid dienone is 1. The number of fused-ring (bicyclic) bond motifs is 3. The van der Waals surface area contributed by atoms with E-state index in [1.165, 1.54) is 0 Å². The number of hydrogen-bond donors (Lipinski definition) is 2. The number of imidazole rings is 1. The Bertz CT molecular complexity index is 2070. The van der Waals surface area contributed by atoms with Crippen LogP contribution in [0, 0.1) is 5.92 Å². The lowest BCUT2D eigenvalue weighted by Gasteiger charge is -2.34. The van der Waals surface area contributed by atoms with E-state index in [0.717, 1.165) is 59.2 Å². The van der Waals surface area contributed by atoms with Crippen LogP contribution >= 0.6 is 0 Å². The molecule has 0 unspecified atom stereocenters. The molecule has 2 N–H and O–H groups in total. The fourth-order valence-electron chi connectivity index (χ4n) is 6.35. The van der Waals surface area contributed by atoms with Gasteiger partial charge in [-0.15, -0.1) is 0 Å². The highest BCUT2D eigenvalue weighted by molar-refractivity contribution is 6.16. The number of urea groups is 1. The van der Waals surface area contributed by atoms with Gasteiger partial charge >= 0.3 is 6.03 Å². The van der Waals surface area contributed by atoms with Crippen LogP contribution in [0.1, 0.15) is 28.8 Å². The Hall–Kier alpha value is -5.65. The number of Topliss-reactive ketones (excluding diaryl/α,β-unsaturated/α-hetero) is 1. The van der Waals surface area contributed by atoms with Crippen LogP contribution in [0.15, 0.2) is 66.7 Å². The molecule has 12 nitrogen and oxygen atoms in total. The molecule has 2 aliphatic heterocycles. The zero-order chi connectivity index (χ0) is 32.1. The molecule has 0 bridgehead atoms. The van der Waals surface area contributed by atoms with Crippen molar-refractivity contribution in [1.82, 2.24) is 24.0 Å². The number of nitrogens with one attached hydrogen (secondary N) is 2. The molecule has 3 amide bonds. The number of benzene rings is 2. The third kappa shape index (κ3) is 5.11. The molecular formula is C34H34N8O4. The Morgan fingerprint density at radius 3 is 2.59 bits per heavy atom. The summed E-state index contributed by atoms with van der Waals surface area (Å²) >= 11 is 0. The molecule has 0 saturated carbocycles. The van der Waals surface area contributed by atoms with Crippen molar-refractivity contribution in [2.24, 2.45) is 20.0 Å². The average molecular weight is 619 g/mol. The quantitative estimate of drug-likeness (QED) is 0.265. The van der Waals surface area contributed by atoms with Crippen LogP contribution in [0.3, 0.4) is 0 Å². The summed E-state index contributed by atoms with van der Waals surface area (Å²) in [5.41, 5.74) is 5.08. The van der Waals surface area contributed by atoms with Crippen molar-refractivity contribution >= 4 is 63.2 Å². The van der Waals surface area contributed by atoms with Gasteiger partial charge in [-0.25, -0.2) is 14.8 Å². The number of ether oxygens (including phenoxy) is 1. The Morgan fingerprint density at radius 2 is 1.83 bits per heavy atom. The maximum Gasteiger partial charge on any atom is 0.326 e. The molecule has 5 heterocycles. The van der Waals surface area contributed by atoms with Gasteiger partial charge in [0.25, 0.3) is 0 Å². The van der Waals surface area contributed by atoms with Crippen molar-refractivity contribution in [3.63, 3.8) is 0 Å². The standard InChI is InChI=1S/C34H34N8O4/c1-39(2)32(44)20-12-15-42(16-13-20)26-11-14-35-31-29(26)21(19-40(31)3)17-28-30(43)23-18-22(9-10-27(23)46-28)36-34(45)38-33-37-24-7-5-6-8-25(24)41(33)4/h5-11,14,17-20H,12-13,15-16H2,1-4H3,(H2,36,37,38,45). The van der Waals surface area contributed by atoms with E-state index in [1.54, 1.807) is 54.0 Å².